The third-order valence-corrected chi connectivity index (χ3v) is 0.930. The Hall–Kier alpha value is 0.423. The number of rotatable bonds is 4. The summed E-state index contributed by atoms with van der Waals surface area (Å²) in [6, 6.07) is 0. The Morgan fingerprint density at radius 2 is 2.17 bits per heavy atom. The zero-order chi connectivity index (χ0) is 7.98. The zero-order valence-electron chi connectivity index (χ0n) is 7.63. The topological polar surface area (TPSA) is 9.23 Å². The predicted octanol–water partition coefficient (Wildman–Crippen LogP) is 1.89. The smallest absolute Gasteiger partial charge is 0.358 e. The molecule has 0 aliphatic carbocycles. The first kappa shape index (κ1) is 18.3. The van der Waals surface area contributed by atoms with E-state index in [1.807, 2.05) is 13.8 Å². The summed E-state index contributed by atoms with van der Waals surface area (Å²) in [5.74, 6) is 0.598. The van der Waals surface area contributed by atoms with Crippen molar-refractivity contribution in [3.63, 3.8) is 0 Å². The van der Waals surface area contributed by atoms with Crippen LogP contribution in [0.2, 0.25) is 0 Å². The average molecular weight is 372 g/mol. The second kappa shape index (κ2) is 11.4. The molecule has 0 N–H and O–H groups in total. The minimum absolute atomic E-state index is 0. The number of allylic oxidation sites excluding steroid dienone is 2. The molecule has 0 aliphatic rings. The van der Waals surface area contributed by atoms with Crippen molar-refractivity contribution in [1.29, 1.82) is 0 Å². The molecule has 0 amide bonds. The molecule has 1 nitrogen and oxygen atoms in total. The zero-order valence-corrected chi connectivity index (χ0v) is 12.0. The Morgan fingerprint density at radius 1 is 1.67 bits per heavy atom. The van der Waals surface area contributed by atoms with E-state index in [2.05, 4.69) is 23.1 Å². The van der Waals surface area contributed by atoms with Crippen LogP contribution in [0.5, 0.6) is 0 Å². The van der Waals surface area contributed by atoms with Crippen molar-refractivity contribution in [3.05, 3.63) is 31.9 Å². The normalized spacial score (nSPS) is 8.92. The van der Waals surface area contributed by atoms with Gasteiger partial charge in [-0.15, -0.1) is 0 Å². The van der Waals surface area contributed by atoms with Gasteiger partial charge in [-0.1, -0.05) is 0 Å². The second-order valence-electron chi connectivity index (χ2n) is 1.67. The number of ether oxygens (including phenoxy) is 1. The molecule has 0 fully saturated rings. The number of hydrogen-bond acceptors (Lipinski definition) is 1. The molecule has 0 aromatic rings. The molecule has 0 rings (SSSR count). The molecular formula is C9H13OVW-. The van der Waals surface area contributed by atoms with Gasteiger partial charge in [-0.25, -0.2) is 0 Å². The van der Waals surface area contributed by atoms with Crippen molar-refractivity contribution in [1.82, 2.24) is 0 Å². The molecule has 0 saturated carbocycles. The van der Waals surface area contributed by atoms with Crippen LogP contribution < -0.4 is 0 Å². The van der Waals surface area contributed by atoms with Crippen molar-refractivity contribution in [3.8, 4) is 0 Å². The summed E-state index contributed by atoms with van der Waals surface area (Å²) < 4.78 is 6.09. The van der Waals surface area contributed by atoms with Crippen molar-refractivity contribution in [2.24, 2.45) is 0 Å². The first-order valence-electron chi connectivity index (χ1n) is 3.05. The summed E-state index contributed by atoms with van der Waals surface area (Å²) >= 11 is 2.37. The van der Waals surface area contributed by atoms with E-state index < -0.39 is 0 Å². The maximum absolute atomic E-state index is 5.24. The van der Waals surface area contributed by atoms with Crippen molar-refractivity contribution < 1.29 is 42.8 Å². The standard InChI is InChI=1S/C8H10O.CH3.V.W/c1-4-7-8(5-2)9-6-3;;;/h2,5H,6H2,1,3H3;1H3;;/q-2;-1;;+2. The Labute approximate surface area is 99.0 Å². The van der Waals surface area contributed by atoms with E-state index in [4.69, 9.17) is 11.3 Å². The monoisotopic (exact) mass is 372 g/mol. The molecule has 3 heteroatoms. The molecule has 12 heavy (non-hydrogen) atoms. The van der Waals surface area contributed by atoms with Gasteiger partial charge < -0.3 is 7.43 Å². The van der Waals surface area contributed by atoms with Crippen LogP contribution in [0, 0.1) is 20.1 Å². The van der Waals surface area contributed by atoms with E-state index in [1.165, 1.54) is 6.08 Å². The summed E-state index contributed by atoms with van der Waals surface area (Å²) in [7, 11) is 0. The van der Waals surface area contributed by atoms with Crippen molar-refractivity contribution in [2.45, 2.75) is 13.8 Å². The van der Waals surface area contributed by atoms with Crippen LogP contribution in [0.4, 0.5) is 0 Å². The summed E-state index contributed by atoms with van der Waals surface area (Å²) in [6.45, 7) is 9.69. The van der Waals surface area contributed by atoms with E-state index in [0.717, 1.165) is 4.23 Å². The van der Waals surface area contributed by atoms with Crippen LogP contribution in [-0.2, 0) is 42.8 Å². The fourth-order valence-corrected chi connectivity index (χ4v) is 0.632. The van der Waals surface area contributed by atoms with E-state index in [9.17, 15) is 0 Å². The van der Waals surface area contributed by atoms with Crippen LogP contribution >= 0.6 is 0 Å². The van der Waals surface area contributed by atoms with Crippen LogP contribution in [-0.4, -0.2) is 10.8 Å². The fraction of sp³-hybridized carbons (Fsp3) is 0.333. The molecule has 0 heterocycles. The quantitative estimate of drug-likeness (QED) is 0.416. The molecule has 0 atom stereocenters. The maximum Gasteiger partial charge on any atom is 2.00 e. The second-order valence-corrected chi connectivity index (χ2v) is 2.72. The predicted molar refractivity (Wildman–Crippen MR) is 44.3 cm³/mol. The molecule has 0 saturated heterocycles. The van der Waals surface area contributed by atoms with Crippen LogP contribution in [0.1, 0.15) is 13.8 Å². The Bertz CT molecular complexity index is 164. The molecule has 0 aromatic heterocycles. The first-order chi connectivity index (χ1) is 4.70. The van der Waals surface area contributed by atoms with E-state index in [1.54, 1.807) is 0 Å². The van der Waals surface area contributed by atoms with Crippen LogP contribution in [0.3, 0.4) is 0 Å². The van der Waals surface area contributed by atoms with E-state index >= 15 is 0 Å². The minimum atomic E-state index is 0. The van der Waals surface area contributed by atoms with Gasteiger partial charge in [-0.3, -0.25) is 0 Å². The average Bonchev–Trinajstić information content (AvgIpc) is 1.86. The molecule has 67 valence electrons. The Kier molecular flexibility index (Phi) is 17.4. The maximum atomic E-state index is 5.24. The largest absolute Gasteiger partial charge is 2.00 e. The van der Waals surface area contributed by atoms with Gasteiger partial charge in [-0.05, 0) is 0 Å². The van der Waals surface area contributed by atoms with Gasteiger partial charge in [0.05, 0.1) is 0 Å². The summed E-state index contributed by atoms with van der Waals surface area (Å²) in [5, 5.41) is 0. The third-order valence-electron chi connectivity index (χ3n) is 0.755. The fourth-order valence-electron chi connectivity index (χ4n) is 0.460. The summed E-state index contributed by atoms with van der Waals surface area (Å²) in [6.07, 6.45) is 4.34. The molecule has 0 radical (unpaired) electrons. The van der Waals surface area contributed by atoms with Crippen LogP contribution in [0.15, 0.2) is 11.8 Å². The van der Waals surface area contributed by atoms with Gasteiger partial charge in [0.2, 0.25) is 0 Å². The first-order valence-corrected chi connectivity index (χ1v) is 3.74. The van der Waals surface area contributed by atoms with Gasteiger partial charge >= 0.3 is 92.0 Å². The Balaban J connectivity index is -0.000000405. The van der Waals surface area contributed by atoms with Gasteiger partial charge in [0, 0.05) is 0 Å². The van der Waals surface area contributed by atoms with Crippen LogP contribution in [0.25, 0.3) is 0 Å². The van der Waals surface area contributed by atoms with Gasteiger partial charge in [0.15, 0.2) is 0 Å². The van der Waals surface area contributed by atoms with E-state index in [-0.39, 0.29) is 28.5 Å². The molecular weight excluding hydrogens is 359 g/mol. The molecule has 0 unspecified atom stereocenters. The molecule has 0 bridgehead atoms. The van der Waals surface area contributed by atoms with E-state index in [0.29, 0.717) is 12.4 Å². The summed E-state index contributed by atoms with van der Waals surface area (Å²) in [4.78, 5) is 0. The van der Waals surface area contributed by atoms with Gasteiger partial charge in [0.1, 0.15) is 0 Å². The van der Waals surface area contributed by atoms with Crippen molar-refractivity contribution in [2.75, 3.05) is 6.61 Å². The third kappa shape index (κ3) is 10.4. The van der Waals surface area contributed by atoms with Crippen molar-refractivity contribution >= 4 is 4.23 Å². The van der Waals surface area contributed by atoms with Gasteiger partial charge in [-0.2, -0.15) is 0 Å². The number of hydrogen-bond donors (Lipinski definition) is 0. The molecule has 0 aromatic carbocycles. The molecule has 0 spiro atoms. The Morgan fingerprint density at radius 3 is 2.42 bits per heavy atom. The summed E-state index contributed by atoms with van der Waals surface area (Å²) in [5.41, 5.74) is 0. The van der Waals surface area contributed by atoms with Gasteiger partial charge in [0.25, 0.3) is 0 Å². The SMILES string of the molecule is [CH-]=CC(=[C-][C](C)=[V])OCC.[CH3-].[W+2]. The minimum Gasteiger partial charge on any atom is -0.358 e. The molecule has 0 aliphatic heterocycles.